The van der Waals surface area contributed by atoms with E-state index in [2.05, 4.69) is 0 Å². The molecular formula is C31H35F3O6. The predicted octanol–water partition coefficient (Wildman–Crippen LogP) is 5.28. The molecule has 1 N–H and O–H groups in total. The smallest absolute Gasteiger partial charge is 0.313 e. The molecule has 9 heteroatoms. The number of rotatable bonds is 5. The SMILES string of the molecule is CCC(=O)O[C@@]1(C)C[C@H]2[C@@H]3C[C@H](F)C4=C(F)C(=O)C=C[C@]4(C)[C@@]3(F)[C@@H](O)C[C@]2(C)[C@H]1C(=O)OCc1ccccc1. The molecule has 9 atom stereocenters. The molecule has 0 radical (unpaired) electrons. The summed E-state index contributed by atoms with van der Waals surface area (Å²) >= 11 is 0. The topological polar surface area (TPSA) is 89.9 Å². The first kappa shape index (κ1) is 28.6. The van der Waals surface area contributed by atoms with E-state index in [0.29, 0.717) is 0 Å². The zero-order chi connectivity index (χ0) is 29.3. The molecular weight excluding hydrogens is 525 g/mol. The maximum absolute atomic E-state index is 17.5. The van der Waals surface area contributed by atoms with Gasteiger partial charge in [-0.3, -0.25) is 14.4 Å². The summed E-state index contributed by atoms with van der Waals surface area (Å²) < 4.78 is 59.8. The van der Waals surface area contributed by atoms with Gasteiger partial charge in [-0.2, -0.15) is 0 Å². The standard InChI is InChI=1S/C31H35F3O6/c1-5-23(37)40-30(4)14-19-18-13-20(32)24-25(33)21(35)11-12-29(24,3)31(18,34)22(36)15-28(19,2)26(30)27(38)39-16-17-9-7-6-8-10-17/h6-12,18-20,22,26,36H,5,13-16H2,1-4H3/t18-,19-,20-,22-,26+,28-,29-,30-,31-/m0/s1. The number of carbonyl (C=O) groups is 3. The van der Waals surface area contributed by atoms with Crippen molar-refractivity contribution in [1.29, 1.82) is 0 Å². The molecule has 0 aliphatic heterocycles. The first-order valence-corrected chi connectivity index (χ1v) is 13.8. The van der Waals surface area contributed by atoms with Crippen LogP contribution in [0.5, 0.6) is 0 Å². The second-order valence-electron chi connectivity index (χ2n) is 12.4. The van der Waals surface area contributed by atoms with Crippen LogP contribution in [-0.2, 0) is 30.5 Å². The fourth-order valence-corrected chi connectivity index (χ4v) is 8.41. The number of aliphatic hydroxyl groups is 1. The van der Waals surface area contributed by atoms with Crippen molar-refractivity contribution in [2.45, 2.75) is 83.5 Å². The van der Waals surface area contributed by atoms with Crippen LogP contribution in [0.2, 0.25) is 0 Å². The summed E-state index contributed by atoms with van der Waals surface area (Å²) in [6, 6.07) is 9.02. The highest BCUT2D eigenvalue weighted by Crippen LogP contribution is 2.71. The van der Waals surface area contributed by atoms with Gasteiger partial charge in [0.25, 0.3) is 0 Å². The van der Waals surface area contributed by atoms with E-state index >= 15 is 8.78 Å². The first-order chi connectivity index (χ1) is 18.7. The molecule has 3 fully saturated rings. The number of hydrogen-bond donors (Lipinski definition) is 1. The Labute approximate surface area is 231 Å². The van der Waals surface area contributed by atoms with Gasteiger partial charge in [-0.25, -0.2) is 13.2 Å². The van der Waals surface area contributed by atoms with Crippen molar-refractivity contribution in [3.05, 3.63) is 59.4 Å². The van der Waals surface area contributed by atoms with Gasteiger partial charge in [-0.15, -0.1) is 0 Å². The molecule has 0 unspecified atom stereocenters. The molecule has 1 aromatic carbocycles. The molecule has 0 amide bonds. The monoisotopic (exact) mass is 560 g/mol. The normalized spacial score (nSPS) is 42.1. The zero-order valence-corrected chi connectivity index (χ0v) is 23.1. The summed E-state index contributed by atoms with van der Waals surface area (Å²) in [5.74, 6) is -6.55. The Morgan fingerprint density at radius 1 is 1.10 bits per heavy atom. The number of hydrogen-bond acceptors (Lipinski definition) is 6. The largest absolute Gasteiger partial charge is 0.460 e. The third-order valence-electron chi connectivity index (χ3n) is 10.1. The number of alkyl halides is 2. The van der Waals surface area contributed by atoms with Crippen LogP contribution in [0.15, 0.2) is 53.9 Å². The quantitative estimate of drug-likeness (QED) is 0.493. The Morgan fingerprint density at radius 3 is 2.42 bits per heavy atom. The average molecular weight is 561 g/mol. The lowest BCUT2D eigenvalue weighted by molar-refractivity contribution is -0.207. The van der Waals surface area contributed by atoms with Crippen molar-refractivity contribution in [2.75, 3.05) is 0 Å². The second-order valence-corrected chi connectivity index (χ2v) is 12.4. The van der Waals surface area contributed by atoms with E-state index in [0.717, 1.165) is 17.7 Å². The summed E-state index contributed by atoms with van der Waals surface area (Å²) in [5.41, 5.74) is -6.86. The molecule has 216 valence electrons. The second kappa shape index (κ2) is 9.57. The predicted molar refractivity (Wildman–Crippen MR) is 139 cm³/mol. The van der Waals surface area contributed by atoms with E-state index in [1.54, 1.807) is 45.0 Å². The molecule has 4 aliphatic rings. The summed E-state index contributed by atoms with van der Waals surface area (Å²) in [7, 11) is 0. The Morgan fingerprint density at radius 2 is 1.77 bits per heavy atom. The summed E-state index contributed by atoms with van der Waals surface area (Å²) in [5, 5.41) is 11.5. The molecule has 6 nitrogen and oxygen atoms in total. The molecule has 1 aromatic rings. The first-order valence-electron chi connectivity index (χ1n) is 13.8. The van der Waals surface area contributed by atoms with Gasteiger partial charge >= 0.3 is 11.9 Å². The van der Waals surface area contributed by atoms with E-state index < -0.39 is 87.7 Å². The van der Waals surface area contributed by atoms with Crippen LogP contribution in [-0.4, -0.2) is 46.4 Å². The van der Waals surface area contributed by atoms with Crippen molar-refractivity contribution >= 4 is 17.7 Å². The number of esters is 2. The van der Waals surface area contributed by atoms with Crippen molar-refractivity contribution in [3.8, 4) is 0 Å². The highest BCUT2D eigenvalue weighted by atomic mass is 19.2. The van der Waals surface area contributed by atoms with E-state index in [1.165, 1.54) is 6.92 Å². The molecule has 0 aromatic heterocycles. The molecule has 4 aliphatic carbocycles. The van der Waals surface area contributed by atoms with Gasteiger partial charge < -0.3 is 14.6 Å². The van der Waals surface area contributed by atoms with Crippen LogP contribution in [0, 0.1) is 28.6 Å². The molecule has 40 heavy (non-hydrogen) atoms. The van der Waals surface area contributed by atoms with Crippen LogP contribution >= 0.6 is 0 Å². The number of aliphatic hydroxyl groups excluding tert-OH is 1. The van der Waals surface area contributed by atoms with Gasteiger partial charge in [0, 0.05) is 23.3 Å². The number of fused-ring (bicyclic) bond motifs is 5. The Bertz CT molecular complexity index is 1290. The summed E-state index contributed by atoms with van der Waals surface area (Å²) in [4.78, 5) is 38.4. The van der Waals surface area contributed by atoms with Crippen LogP contribution in [0.25, 0.3) is 0 Å². The molecule has 0 bridgehead atoms. The minimum atomic E-state index is -2.54. The molecule has 0 heterocycles. The van der Waals surface area contributed by atoms with Crippen molar-refractivity contribution in [2.24, 2.45) is 28.6 Å². The lowest BCUT2D eigenvalue weighted by Crippen LogP contribution is -2.68. The average Bonchev–Trinajstić information content (AvgIpc) is 3.13. The summed E-state index contributed by atoms with van der Waals surface area (Å²) in [6.45, 7) is 6.22. The third kappa shape index (κ3) is 3.90. The van der Waals surface area contributed by atoms with Gasteiger partial charge in [-0.1, -0.05) is 50.3 Å². The third-order valence-corrected chi connectivity index (χ3v) is 10.1. The van der Waals surface area contributed by atoms with Gasteiger partial charge in [-0.05, 0) is 56.1 Å². The molecule has 3 saturated carbocycles. The van der Waals surface area contributed by atoms with Crippen molar-refractivity contribution in [3.63, 3.8) is 0 Å². The van der Waals surface area contributed by atoms with Crippen molar-refractivity contribution in [1.82, 2.24) is 0 Å². The number of ether oxygens (including phenoxy) is 2. The highest BCUT2D eigenvalue weighted by molar-refractivity contribution is 6.04. The van der Waals surface area contributed by atoms with Gasteiger partial charge in [0.15, 0.2) is 11.5 Å². The maximum atomic E-state index is 17.5. The Kier molecular flexibility index (Phi) is 6.84. The molecule has 0 saturated heterocycles. The van der Waals surface area contributed by atoms with Crippen LogP contribution in [0.1, 0.15) is 58.9 Å². The van der Waals surface area contributed by atoms with E-state index in [-0.39, 0.29) is 25.9 Å². The maximum Gasteiger partial charge on any atom is 0.313 e. The van der Waals surface area contributed by atoms with Gasteiger partial charge in [0.1, 0.15) is 24.3 Å². The fourth-order valence-electron chi connectivity index (χ4n) is 8.41. The van der Waals surface area contributed by atoms with Crippen LogP contribution < -0.4 is 0 Å². The minimum absolute atomic E-state index is 0.0242. The fraction of sp³-hybridized carbons (Fsp3) is 0.581. The van der Waals surface area contributed by atoms with E-state index in [4.69, 9.17) is 9.47 Å². The molecule has 0 spiro atoms. The van der Waals surface area contributed by atoms with Crippen molar-refractivity contribution < 1.29 is 42.1 Å². The lowest BCUT2D eigenvalue weighted by atomic mass is 9.45. The van der Waals surface area contributed by atoms with E-state index in [9.17, 15) is 23.9 Å². The van der Waals surface area contributed by atoms with Crippen LogP contribution in [0.3, 0.4) is 0 Å². The Hall–Kier alpha value is -2.94. The number of allylic oxidation sites excluding steroid dienone is 4. The molecule has 5 rings (SSSR count). The number of carbonyl (C=O) groups excluding carboxylic acids is 3. The van der Waals surface area contributed by atoms with Gasteiger partial charge in [0.2, 0.25) is 5.78 Å². The number of ketones is 1. The summed E-state index contributed by atoms with van der Waals surface area (Å²) in [6.07, 6.45) is -2.32. The number of benzene rings is 1. The minimum Gasteiger partial charge on any atom is -0.460 e. The lowest BCUT2D eigenvalue weighted by Gasteiger charge is -2.62. The van der Waals surface area contributed by atoms with Gasteiger partial charge in [0.05, 0.1) is 6.10 Å². The van der Waals surface area contributed by atoms with E-state index in [1.807, 2.05) is 6.07 Å². The highest BCUT2D eigenvalue weighted by Gasteiger charge is 2.76. The van der Waals surface area contributed by atoms with Crippen LogP contribution in [0.4, 0.5) is 13.2 Å². The number of halogens is 3. The Balaban J connectivity index is 1.57. The zero-order valence-electron chi connectivity index (χ0n) is 23.1.